The van der Waals surface area contributed by atoms with Crippen molar-refractivity contribution in [3.8, 4) is 0 Å². The molecule has 1 N–H and O–H groups in total. The molecule has 1 aliphatic heterocycles. The quantitative estimate of drug-likeness (QED) is 0.485. The van der Waals surface area contributed by atoms with Gasteiger partial charge in [-0.15, -0.1) is 0 Å². The summed E-state index contributed by atoms with van der Waals surface area (Å²) in [5, 5.41) is 1.24. The van der Waals surface area contributed by atoms with Crippen molar-refractivity contribution in [2.24, 2.45) is 5.41 Å². The van der Waals surface area contributed by atoms with Crippen LogP contribution in [0.2, 0.25) is 0 Å². The maximum atomic E-state index is 13.3. The first-order valence-corrected chi connectivity index (χ1v) is 12.8. The van der Waals surface area contributed by atoms with Gasteiger partial charge in [-0.3, -0.25) is 9.63 Å². The van der Waals surface area contributed by atoms with Crippen LogP contribution in [0.1, 0.15) is 52.5 Å². The minimum atomic E-state index is -3.36. The number of hydrogen-bond donors (Lipinski definition) is 1. The molecular weight excluding hydrogens is 431 g/mol. The third kappa shape index (κ3) is 5.20. The lowest BCUT2D eigenvalue weighted by Crippen LogP contribution is -2.43. The van der Waals surface area contributed by atoms with Crippen molar-refractivity contribution in [1.29, 1.82) is 0 Å². The van der Waals surface area contributed by atoms with Crippen LogP contribution in [0.4, 0.5) is 0 Å². The minimum Gasteiger partial charge on any atom is -0.399 e. The van der Waals surface area contributed by atoms with Crippen molar-refractivity contribution >= 4 is 28.5 Å². The zero-order chi connectivity index (χ0) is 23.9. The van der Waals surface area contributed by atoms with Gasteiger partial charge in [0.1, 0.15) is 0 Å². The van der Waals surface area contributed by atoms with E-state index in [0.29, 0.717) is 25.7 Å². The van der Waals surface area contributed by atoms with E-state index in [1.165, 1.54) is 12.2 Å². The third-order valence-corrected chi connectivity index (χ3v) is 7.78. The lowest BCUT2D eigenvalue weighted by molar-refractivity contribution is -0.180. The second kappa shape index (κ2) is 8.72. The van der Waals surface area contributed by atoms with E-state index in [1.54, 1.807) is 7.05 Å². The summed E-state index contributed by atoms with van der Waals surface area (Å²) in [6.07, 6.45) is 3.17. The van der Waals surface area contributed by atoms with Gasteiger partial charge in [-0.1, -0.05) is 24.3 Å². The summed E-state index contributed by atoms with van der Waals surface area (Å²) in [5.74, 6) is -0.154. The Hall–Kier alpha value is -1.46. The smallest absolute Gasteiger partial charge is 0.399 e. The highest BCUT2D eigenvalue weighted by Crippen LogP contribution is 2.43. The first-order chi connectivity index (χ1) is 14.7. The molecule has 1 saturated heterocycles. The summed E-state index contributed by atoms with van der Waals surface area (Å²) in [6, 6.07) is 7.61. The molecule has 1 aromatic carbocycles. The van der Waals surface area contributed by atoms with E-state index >= 15 is 0 Å². The molecule has 2 atom stereocenters. The van der Waals surface area contributed by atoms with Crippen molar-refractivity contribution in [2.45, 2.75) is 70.6 Å². The summed E-state index contributed by atoms with van der Waals surface area (Å²) >= 11 is 0. The van der Waals surface area contributed by atoms with Crippen LogP contribution in [0.25, 0.3) is 0 Å². The van der Waals surface area contributed by atoms with E-state index < -0.39 is 33.8 Å². The van der Waals surface area contributed by atoms with Crippen LogP contribution in [-0.2, 0) is 35.4 Å². The van der Waals surface area contributed by atoms with Crippen molar-refractivity contribution in [1.82, 2.24) is 9.79 Å². The molecule has 32 heavy (non-hydrogen) atoms. The molecule has 0 radical (unpaired) electrons. The molecule has 1 amide bonds. The van der Waals surface area contributed by atoms with Crippen molar-refractivity contribution in [3.63, 3.8) is 0 Å². The van der Waals surface area contributed by atoms with Gasteiger partial charge in [0.05, 0.1) is 30.0 Å². The monoisotopic (exact) mass is 466 g/mol. The fraction of sp³-hybridized carbons (Fsp3) is 0.682. The first kappa shape index (κ1) is 25.2. The van der Waals surface area contributed by atoms with Gasteiger partial charge in [-0.25, -0.2) is 18.2 Å². The Balaban J connectivity index is 1.86. The molecule has 2 aliphatic rings. The molecule has 0 spiro atoms. The van der Waals surface area contributed by atoms with Gasteiger partial charge in [0.25, 0.3) is 5.91 Å². The molecular formula is C22H35BN2O6S. The molecule has 178 valence electrons. The summed E-state index contributed by atoms with van der Waals surface area (Å²) in [5.41, 5.74) is 0.217. The van der Waals surface area contributed by atoms with Crippen LogP contribution in [-0.4, -0.2) is 64.2 Å². The van der Waals surface area contributed by atoms with E-state index in [4.69, 9.17) is 14.1 Å². The molecule has 10 heteroatoms. The molecule has 0 bridgehead atoms. The van der Waals surface area contributed by atoms with Crippen LogP contribution >= 0.6 is 0 Å². The number of hydroxylamine groups is 2. The molecule has 1 aromatic rings. The van der Waals surface area contributed by atoms with Crippen molar-refractivity contribution < 1.29 is 27.4 Å². The molecule has 1 heterocycles. The SMILES string of the molecule is CON(C)C(=O)[C@@]1(Cc2cccc(B3OC(C)(C)C(C)(C)O3)c2)CC[C@H](NS(C)(=O)=O)C1. The zero-order valence-electron chi connectivity index (χ0n) is 20.1. The molecule has 8 nitrogen and oxygen atoms in total. The second-order valence-corrected chi connectivity index (χ2v) is 11.9. The Labute approximate surface area is 192 Å². The third-order valence-electron chi connectivity index (χ3n) is 7.02. The summed E-state index contributed by atoms with van der Waals surface area (Å²) in [6.45, 7) is 8.05. The number of rotatable bonds is 7. The van der Waals surface area contributed by atoms with Crippen LogP contribution < -0.4 is 10.2 Å². The van der Waals surface area contributed by atoms with E-state index in [2.05, 4.69) is 4.72 Å². The highest BCUT2D eigenvalue weighted by Gasteiger charge is 2.52. The lowest BCUT2D eigenvalue weighted by atomic mass is 9.75. The van der Waals surface area contributed by atoms with Gasteiger partial charge in [-0.2, -0.15) is 0 Å². The van der Waals surface area contributed by atoms with E-state index in [-0.39, 0.29) is 11.9 Å². The fourth-order valence-corrected chi connectivity index (χ4v) is 5.40. The topological polar surface area (TPSA) is 94.2 Å². The summed E-state index contributed by atoms with van der Waals surface area (Å²) < 4.78 is 38.5. The highest BCUT2D eigenvalue weighted by atomic mass is 32.2. The Morgan fingerprint density at radius 2 is 1.88 bits per heavy atom. The number of sulfonamides is 1. The average molecular weight is 466 g/mol. The fourth-order valence-electron chi connectivity index (χ4n) is 4.60. The van der Waals surface area contributed by atoms with Crippen LogP contribution in [0.15, 0.2) is 24.3 Å². The summed E-state index contributed by atoms with van der Waals surface area (Å²) in [7, 11) is -0.815. The van der Waals surface area contributed by atoms with Gasteiger partial charge >= 0.3 is 7.12 Å². The number of benzene rings is 1. The molecule has 0 unspecified atom stereocenters. The number of hydrogen-bond acceptors (Lipinski definition) is 6. The molecule has 0 aromatic heterocycles. The highest BCUT2D eigenvalue weighted by molar-refractivity contribution is 7.88. The maximum absolute atomic E-state index is 13.3. The number of nitrogens with zero attached hydrogens (tertiary/aromatic N) is 1. The van der Waals surface area contributed by atoms with Crippen LogP contribution in [0.5, 0.6) is 0 Å². The van der Waals surface area contributed by atoms with E-state index in [1.807, 2.05) is 52.0 Å². The molecule has 2 fully saturated rings. The number of nitrogens with one attached hydrogen (secondary N) is 1. The standard InChI is InChI=1S/C22H35BN2O6S/c1-20(2)21(3,4)31-23(30-20)17-10-8-9-16(13-17)14-22(19(26)25(5)29-6)12-11-18(15-22)24-32(7,27)28/h8-10,13,18,24H,11-12,14-15H2,1-7H3/t18-,22+/m0/s1. The summed E-state index contributed by atoms with van der Waals surface area (Å²) in [4.78, 5) is 18.5. The maximum Gasteiger partial charge on any atom is 0.494 e. The van der Waals surface area contributed by atoms with Gasteiger partial charge in [-0.05, 0) is 64.4 Å². The predicted molar refractivity (Wildman–Crippen MR) is 124 cm³/mol. The van der Waals surface area contributed by atoms with Gasteiger partial charge in [0.2, 0.25) is 10.0 Å². The van der Waals surface area contributed by atoms with Gasteiger partial charge < -0.3 is 9.31 Å². The van der Waals surface area contributed by atoms with E-state index in [0.717, 1.165) is 17.3 Å². The van der Waals surface area contributed by atoms with Gasteiger partial charge in [0, 0.05) is 13.1 Å². The molecule has 3 rings (SSSR count). The van der Waals surface area contributed by atoms with Crippen LogP contribution in [0.3, 0.4) is 0 Å². The minimum absolute atomic E-state index is 0.154. The number of carbonyl (C=O) groups excluding carboxylic acids is 1. The molecule has 1 aliphatic carbocycles. The van der Waals surface area contributed by atoms with Crippen LogP contribution in [0, 0.1) is 5.41 Å². The molecule has 1 saturated carbocycles. The normalized spacial score (nSPS) is 27.0. The largest absolute Gasteiger partial charge is 0.494 e. The van der Waals surface area contributed by atoms with E-state index in [9.17, 15) is 13.2 Å². The number of amides is 1. The lowest BCUT2D eigenvalue weighted by Gasteiger charge is -2.32. The second-order valence-electron chi connectivity index (χ2n) is 10.1. The average Bonchev–Trinajstić information content (AvgIpc) is 3.17. The van der Waals surface area contributed by atoms with Crippen molar-refractivity contribution in [3.05, 3.63) is 29.8 Å². The Morgan fingerprint density at radius 1 is 1.25 bits per heavy atom. The Morgan fingerprint density at radius 3 is 2.44 bits per heavy atom. The Bertz CT molecular complexity index is 951. The van der Waals surface area contributed by atoms with Gasteiger partial charge in [0.15, 0.2) is 0 Å². The first-order valence-electron chi connectivity index (χ1n) is 10.9. The predicted octanol–water partition coefficient (Wildman–Crippen LogP) is 1.64. The Kier molecular flexibility index (Phi) is 6.86. The number of carbonyl (C=O) groups is 1. The zero-order valence-corrected chi connectivity index (χ0v) is 20.9. The van der Waals surface area contributed by atoms with Crippen molar-refractivity contribution in [2.75, 3.05) is 20.4 Å².